The molecule has 2 aromatic rings. The first-order valence-corrected chi connectivity index (χ1v) is 8.20. The summed E-state index contributed by atoms with van der Waals surface area (Å²) in [6.45, 7) is 2.41. The zero-order chi connectivity index (χ0) is 19.6. The highest BCUT2D eigenvalue weighted by Crippen LogP contribution is 2.10. The molecular formula is C20H18FN3O3. The summed E-state index contributed by atoms with van der Waals surface area (Å²) in [6, 6.07) is 13.8. The van der Waals surface area contributed by atoms with Crippen molar-refractivity contribution in [2.75, 3.05) is 11.9 Å². The molecule has 2 aromatic carbocycles. The number of nitrogens with one attached hydrogen (secondary N) is 2. The van der Waals surface area contributed by atoms with E-state index in [-0.39, 0.29) is 11.5 Å². The van der Waals surface area contributed by atoms with E-state index in [9.17, 15) is 14.0 Å². The predicted molar refractivity (Wildman–Crippen MR) is 98.0 cm³/mol. The SMILES string of the molecule is CCOC(=O)c1ccc(CN/C=C(/C#N)C(=O)Nc2ccc(F)cc2)cc1. The molecule has 0 bridgehead atoms. The Hall–Kier alpha value is -3.66. The molecule has 2 rings (SSSR count). The molecule has 0 aliphatic heterocycles. The molecule has 27 heavy (non-hydrogen) atoms. The zero-order valence-corrected chi connectivity index (χ0v) is 14.7. The van der Waals surface area contributed by atoms with Crippen LogP contribution in [0.4, 0.5) is 10.1 Å². The van der Waals surface area contributed by atoms with E-state index in [1.54, 1.807) is 31.2 Å². The quantitative estimate of drug-likeness (QED) is 0.446. The molecule has 0 spiro atoms. The first-order chi connectivity index (χ1) is 13.0. The Bertz CT molecular complexity index is 869. The third-order valence-electron chi connectivity index (χ3n) is 3.48. The minimum absolute atomic E-state index is 0.123. The van der Waals surface area contributed by atoms with Crippen molar-refractivity contribution in [2.24, 2.45) is 0 Å². The lowest BCUT2D eigenvalue weighted by atomic mass is 10.1. The van der Waals surface area contributed by atoms with Crippen LogP contribution in [0.3, 0.4) is 0 Å². The van der Waals surface area contributed by atoms with Gasteiger partial charge in [-0.05, 0) is 48.9 Å². The van der Waals surface area contributed by atoms with Crippen molar-refractivity contribution in [1.29, 1.82) is 5.26 Å². The maximum Gasteiger partial charge on any atom is 0.338 e. The van der Waals surface area contributed by atoms with Crippen LogP contribution in [0.25, 0.3) is 0 Å². The molecule has 0 aliphatic carbocycles. The van der Waals surface area contributed by atoms with Crippen molar-refractivity contribution in [3.63, 3.8) is 0 Å². The van der Waals surface area contributed by atoms with Gasteiger partial charge in [0.25, 0.3) is 5.91 Å². The second-order valence-electron chi connectivity index (χ2n) is 5.43. The lowest BCUT2D eigenvalue weighted by Gasteiger charge is -2.06. The van der Waals surface area contributed by atoms with Gasteiger partial charge >= 0.3 is 5.97 Å². The Morgan fingerprint density at radius 3 is 2.41 bits per heavy atom. The van der Waals surface area contributed by atoms with Gasteiger partial charge in [-0.15, -0.1) is 0 Å². The minimum Gasteiger partial charge on any atom is -0.462 e. The standard InChI is InChI=1S/C20H18FN3O3/c1-2-27-20(26)15-5-3-14(4-6-15)12-23-13-16(11-22)19(25)24-18-9-7-17(21)8-10-18/h3-10,13,23H,2,12H2,1H3,(H,24,25)/b16-13-. The maximum atomic E-state index is 12.9. The summed E-state index contributed by atoms with van der Waals surface area (Å²) in [5.41, 5.74) is 1.57. The van der Waals surface area contributed by atoms with Crippen LogP contribution in [-0.4, -0.2) is 18.5 Å². The molecule has 0 radical (unpaired) electrons. The van der Waals surface area contributed by atoms with Crippen molar-refractivity contribution in [2.45, 2.75) is 13.5 Å². The first-order valence-electron chi connectivity index (χ1n) is 8.20. The lowest BCUT2D eigenvalue weighted by Crippen LogP contribution is -2.16. The average molecular weight is 367 g/mol. The predicted octanol–water partition coefficient (Wildman–Crippen LogP) is 3.14. The van der Waals surface area contributed by atoms with Gasteiger partial charge in [0.05, 0.1) is 12.2 Å². The summed E-state index contributed by atoms with van der Waals surface area (Å²) in [4.78, 5) is 23.7. The van der Waals surface area contributed by atoms with Crippen LogP contribution < -0.4 is 10.6 Å². The Morgan fingerprint density at radius 2 is 1.81 bits per heavy atom. The Kier molecular flexibility index (Phi) is 7.08. The van der Waals surface area contributed by atoms with Crippen LogP contribution in [0.5, 0.6) is 0 Å². The molecule has 0 heterocycles. The number of halogens is 1. The number of anilines is 1. The number of carbonyl (C=O) groups excluding carboxylic acids is 2. The number of rotatable bonds is 7. The van der Waals surface area contributed by atoms with E-state index in [0.29, 0.717) is 24.4 Å². The lowest BCUT2D eigenvalue weighted by molar-refractivity contribution is -0.112. The van der Waals surface area contributed by atoms with Gasteiger partial charge in [-0.3, -0.25) is 4.79 Å². The van der Waals surface area contributed by atoms with Crippen molar-refractivity contribution >= 4 is 17.6 Å². The minimum atomic E-state index is -0.603. The van der Waals surface area contributed by atoms with Crippen molar-refractivity contribution in [1.82, 2.24) is 5.32 Å². The summed E-state index contributed by atoms with van der Waals surface area (Å²) in [5.74, 6) is -1.41. The van der Waals surface area contributed by atoms with E-state index in [4.69, 9.17) is 10.00 Å². The van der Waals surface area contributed by atoms with Gasteiger partial charge in [0.15, 0.2) is 0 Å². The monoisotopic (exact) mass is 367 g/mol. The number of esters is 1. The number of carbonyl (C=O) groups is 2. The highest BCUT2D eigenvalue weighted by molar-refractivity contribution is 6.06. The molecule has 138 valence electrons. The second kappa shape index (κ2) is 9.73. The van der Waals surface area contributed by atoms with Crippen molar-refractivity contribution in [3.8, 4) is 6.07 Å². The molecule has 2 N–H and O–H groups in total. The smallest absolute Gasteiger partial charge is 0.338 e. The molecule has 7 heteroatoms. The third-order valence-corrected chi connectivity index (χ3v) is 3.48. The molecule has 0 atom stereocenters. The number of ether oxygens (including phenoxy) is 1. The normalized spacial score (nSPS) is 10.6. The van der Waals surface area contributed by atoms with Crippen LogP contribution in [0.2, 0.25) is 0 Å². The van der Waals surface area contributed by atoms with Crippen LogP contribution >= 0.6 is 0 Å². The second-order valence-corrected chi connectivity index (χ2v) is 5.43. The average Bonchev–Trinajstić information content (AvgIpc) is 2.67. The summed E-state index contributed by atoms with van der Waals surface area (Å²) >= 11 is 0. The van der Waals surface area contributed by atoms with Gasteiger partial charge in [-0.25, -0.2) is 9.18 Å². The molecule has 0 unspecified atom stereocenters. The van der Waals surface area contributed by atoms with E-state index in [0.717, 1.165) is 5.56 Å². The van der Waals surface area contributed by atoms with E-state index in [2.05, 4.69) is 10.6 Å². The fourth-order valence-electron chi connectivity index (χ4n) is 2.12. The largest absolute Gasteiger partial charge is 0.462 e. The van der Waals surface area contributed by atoms with E-state index in [1.807, 2.05) is 6.07 Å². The summed E-state index contributed by atoms with van der Waals surface area (Å²) in [5, 5.41) is 14.5. The third kappa shape index (κ3) is 5.97. The number of nitriles is 1. The summed E-state index contributed by atoms with van der Waals surface area (Å²) in [7, 11) is 0. The fraction of sp³-hybridized carbons (Fsp3) is 0.150. The summed E-state index contributed by atoms with van der Waals surface area (Å²) in [6.07, 6.45) is 1.30. The van der Waals surface area contributed by atoms with Crippen molar-refractivity contribution < 1.29 is 18.7 Å². The Balaban J connectivity index is 1.92. The van der Waals surface area contributed by atoms with E-state index in [1.165, 1.54) is 30.5 Å². The molecule has 0 saturated heterocycles. The van der Waals surface area contributed by atoms with Gasteiger partial charge in [0, 0.05) is 18.4 Å². The topological polar surface area (TPSA) is 91.2 Å². The van der Waals surface area contributed by atoms with Crippen LogP contribution in [0.15, 0.2) is 60.3 Å². The number of hydrogen-bond acceptors (Lipinski definition) is 5. The highest BCUT2D eigenvalue weighted by Gasteiger charge is 2.09. The van der Waals surface area contributed by atoms with Crippen molar-refractivity contribution in [3.05, 3.63) is 77.2 Å². The highest BCUT2D eigenvalue weighted by atomic mass is 19.1. The van der Waals surface area contributed by atoms with E-state index < -0.39 is 11.7 Å². The van der Waals surface area contributed by atoms with Gasteiger partial charge in [0.1, 0.15) is 17.5 Å². The molecular weight excluding hydrogens is 349 g/mol. The van der Waals surface area contributed by atoms with Gasteiger partial charge < -0.3 is 15.4 Å². The Labute approximate surface area is 156 Å². The van der Waals surface area contributed by atoms with Crippen LogP contribution in [0.1, 0.15) is 22.8 Å². The van der Waals surface area contributed by atoms with Crippen LogP contribution in [-0.2, 0) is 16.1 Å². The number of benzene rings is 2. The van der Waals surface area contributed by atoms with Gasteiger partial charge in [-0.2, -0.15) is 5.26 Å². The number of nitrogens with zero attached hydrogens (tertiary/aromatic N) is 1. The molecule has 1 amide bonds. The van der Waals surface area contributed by atoms with Crippen LogP contribution in [0, 0.1) is 17.1 Å². The maximum absolute atomic E-state index is 12.9. The van der Waals surface area contributed by atoms with E-state index >= 15 is 0 Å². The molecule has 0 aromatic heterocycles. The number of hydrogen-bond donors (Lipinski definition) is 2. The molecule has 0 saturated carbocycles. The number of amides is 1. The Morgan fingerprint density at radius 1 is 1.15 bits per heavy atom. The van der Waals surface area contributed by atoms with Gasteiger partial charge in [0.2, 0.25) is 0 Å². The molecule has 0 aliphatic rings. The van der Waals surface area contributed by atoms with Gasteiger partial charge in [-0.1, -0.05) is 12.1 Å². The fourth-order valence-corrected chi connectivity index (χ4v) is 2.12. The zero-order valence-electron chi connectivity index (χ0n) is 14.7. The first kappa shape index (κ1) is 19.7. The summed E-state index contributed by atoms with van der Waals surface area (Å²) < 4.78 is 17.8. The molecule has 6 nitrogen and oxygen atoms in total. The molecule has 0 fully saturated rings.